The van der Waals surface area contributed by atoms with E-state index in [0.29, 0.717) is 18.9 Å². The lowest BCUT2D eigenvalue weighted by Gasteiger charge is -2.15. The van der Waals surface area contributed by atoms with Crippen LogP contribution in [0.25, 0.3) is 0 Å². The SMILES string of the molecule is N#CCC1COC(C2CCSC2)O1. The van der Waals surface area contributed by atoms with E-state index in [0.717, 1.165) is 5.75 Å². The molecule has 3 atom stereocenters. The molecule has 2 rings (SSSR count). The van der Waals surface area contributed by atoms with Crippen LogP contribution in [0.3, 0.4) is 0 Å². The molecule has 4 heteroatoms. The Morgan fingerprint density at radius 3 is 3.15 bits per heavy atom. The average molecular weight is 199 g/mol. The molecule has 0 bridgehead atoms. The maximum Gasteiger partial charge on any atom is 0.161 e. The third-order valence-corrected chi connectivity index (χ3v) is 3.63. The summed E-state index contributed by atoms with van der Waals surface area (Å²) in [5.41, 5.74) is 0. The molecule has 2 fully saturated rings. The highest BCUT2D eigenvalue weighted by Gasteiger charge is 2.34. The first kappa shape index (κ1) is 9.32. The van der Waals surface area contributed by atoms with Crippen LogP contribution in [0.1, 0.15) is 12.8 Å². The first-order valence-electron chi connectivity index (χ1n) is 4.62. The van der Waals surface area contributed by atoms with Crippen molar-refractivity contribution in [3.8, 4) is 6.07 Å². The number of thioether (sulfide) groups is 1. The molecule has 2 saturated heterocycles. The maximum absolute atomic E-state index is 8.49. The zero-order valence-electron chi connectivity index (χ0n) is 7.44. The van der Waals surface area contributed by atoms with Crippen molar-refractivity contribution in [2.45, 2.75) is 25.2 Å². The lowest BCUT2D eigenvalue weighted by Crippen LogP contribution is -2.22. The predicted octanol–water partition coefficient (Wildman–Crippen LogP) is 1.39. The minimum atomic E-state index is -0.0339. The van der Waals surface area contributed by atoms with Crippen molar-refractivity contribution in [2.75, 3.05) is 18.1 Å². The van der Waals surface area contributed by atoms with Gasteiger partial charge in [-0.05, 0) is 12.2 Å². The molecule has 0 aliphatic carbocycles. The summed E-state index contributed by atoms with van der Waals surface area (Å²) in [7, 11) is 0. The Labute approximate surface area is 82.4 Å². The van der Waals surface area contributed by atoms with E-state index in [-0.39, 0.29) is 12.4 Å². The highest BCUT2D eigenvalue weighted by molar-refractivity contribution is 7.99. The van der Waals surface area contributed by atoms with Crippen molar-refractivity contribution in [3.63, 3.8) is 0 Å². The summed E-state index contributed by atoms with van der Waals surface area (Å²) in [6, 6.07) is 2.11. The van der Waals surface area contributed by atoms with Crippen LogP contribution < -0.4 is 0 Å². The van der Waals surface area contributed by atoms with E-state index >= 15 is 0 Å². The molecule has 0 N–H and O–H groups in total. The lowest BCUT2D eigenvalue weighted by atomic mass is 10.1. The van der Waals surface area contributed by atoms with Crippen LogP contribution in [-0.2, 0) is 9.47 Å². The summed E-state index contributed by atoms with van der Waals surface area (Å²) >= 11 is 1.96. The minimum absolute atomic E-state index is 0.0144. The second kappa shape index (κ2) is 4.32. The Morgan fingerprint density at radius 1 is 1.54 bits per heavy atom. The van der Waals surface area contributed by atoms with Crippen LogP contribution in [-0.4, -0.2) is 30.5 Å². The Balaban J connectivity index is 1.80. The molecule has 3 unspecified atom stereocenters. The molecular formula is C9H13NO2S. The fourth-order valence-corrected chi connectivity index (χ4v) is 2.96. The third-order valence-electron chi connectivity index (χ3n) is 2.44. The molecule has 0 aromatic carbocycles. The van der Waals surface area contributed by atoms with E-state index in [1.807, 2.05) is 11.8 Å². The second-order valence-corrected chi connectivity index (χ2v) is 4.60. The van der Waals surface area contributed by atoms with Crippen molar-refractivity contribution in [2.24, 2.45) is 5.92 Å². The summed E-state index contributed by atoms with van der Waals surface area (Å²) in [5.74, 6) is 2.91. The van der Waals surface area contributed by atoms with Crippen molar-refractivity contribution in [1.82, 2.24) is 0 Å². The van der Waals surface area contributed by atoms with Gasteiger partial charge in [0.1, 0.15) is 0 Å². The van der Waals surface area contributed by atoms with Crippen LogP contribution in [0.5, 0.6) is 0 Å². The Morgan fingerprint density at radius 2 is 2.46 bits per heavy atom. The Bertz CT molecular complexity index is 210. The summed E-state index contributed by atoms with van der Waals surface area (Å²) < 4.78 is 11.1. The topological polar surface area (TPSA) is 42.2 Å². The second-order valence-electron chi connectivity index (χ2n) is 3.45. The smallest absolute Gasteiger partial charge is 0.161 e. The molecule has 0 aromatic rings. The van der Waals surface area contributed by atoms with Gasteiger partial charge < -0.3 is 9.47 Å². The van der Waals surface area contributed by atoms with Crippen LogP contribution in [0, 0.1) is 17.2 Å². The molecular weight excluding hydrogens is 186 g/mol. The normalized spacial score (nSPS) is 39.2. The molecule has 0 amide bonds. The van der Waals surface area contributed by atoms with E-state index in [1.54, 1.807) is 0 Å². The molecule has 0 spiro atoms. The van der Waals surface area contributed by atoms with Gasteiger partial charge in [-0.1, -0.05) is 0 Å². The first-order valence-corrected chi connectivity index (χ1v) is 5.77. The summed E-state index contributed by atoms with van der Waals surface area (Å²) in [6.07, 6.45) is 1.62. The fraction of sp³-hybridized carbons (Fsp3) is 0.889. The predicted molar refractivity (Wildman–Crippen MR) is 50.3 cm³/mol. The summed E-state index contributed by atoms with van der Waals surface area (Å²) in [5, 5.41) is 8.49. The standard InChI is InChI=1S/C9H13NO2S/c10-3-1-8-5-11-9(12-8)7-2-4-13-6-7/h7-9H,1-2,4-6H2. The van der Waals surface area contributed by atoms with Crippen molar-refractivity contribution >= 4 is 11.8 Å². The van der Waals surface area contributed by atoms with Gasteiger partial charge in [-0.3, -0.25) is 0 Å². The lowest BCUT2D eigenvalue weighted by molar-refractivity contribution is -0.0888. The maximum atomic E-state index is 8.49. The fourth-order valence-electron chi connectivity index (χ4n) is 1.69. The Kier molecular flexibility index (Phi) is 3.09. The van der Waals surface area contributed by atoms with Gasteiger partial charge in [0, 0.05) is 11.7 Å². The number of nitriles is 1. The van der Waals surface area contributed by atoms with Crippen LogP contribution in [0.15, 0.2) is 0 Å². The summed E-state index contributed by atoms with van der Waals surface area (Å²) in [4.78, 5) is 0. The van der Waals surface area contributed by atoms with E-state index in [1.165, 1.54) is 12.2 Å². The van der Waals surface area contributed by atoms with Crippen molar-refractivity contribution in [3.05, 3.63) is 0 Å². The van der Waals surface area contributed by atoms with Gasteiger partial charge in [0.2, 0.25) is 0 Å². The van der Waals surface area contributed by atoms with Gasteiger partial charge in [-0.15, -0.1) is 0 Å². The van der Waals surface area contributed by atoms with E-state index in [2.05, 4.69) is 6.07 Å². The van der Waals surface area contributed by atoms with Crippen molar-refractivity contribution < 1.29 is 9.47 Å². The first-order chi connectivity index (χ1) is 6.40. The van der Waals surface area contributed by atoms with Crippen LogP contribution >= 0.6 is 11.8 Å². The van der Waals surface area contributed by atoms with Gasteiger partial charge >= 0.3 is 0 Å². The van der Waals surface area contributed by atoms with Gasteiger partial charge in [-0.25, -0.2) is 0 Å². The van der Waals surface area contributed by atoms with E-state index in [9.17, 15) is 0 Å². The minimum Gasteiger partial charge on any atom is -0.350 e. The van der Waals surface area contributed by atoms with E-state index < -0.39 is 0 Å². The highest BCUT2D eigenvalue weighted by atomic mass is 32.2. The summed E-state index contributed by atoms with van der Waals surface area (Å²) in [6.45, 7) is 0.597. The number of hydrogen-bond acceptors (Lipinski definition) is 4. The van der Waals surface area contributed by atoms with Gasteiger partial charge in [0.15, 0.2) is 6.29 Å². The average Bonchev–Trinajstić information content (AvgIpc) is 2.70. The van der Waals surface area contributed by atoms with Gasteiger partial charge in [0.05, 0.1) is 25.2 Å². The zero-order chi connectivity index (χ0) is 9.10. The molecule has 0 aromatic heterocycles. The number of rotatable bonds is 2. The molecule has 0 radical (unpaired) electrons. The van der Waals surface area contributed by atoms with Crippen molar-refractivity contribution in [1.29, 1.82) is 5.26 Å². The largest absolute Gasteiger partial charge is 0.350 e. The molecule has 13 heavy (non-hydrogen) atoms. The molecule has 2 aliphatic heterocycles. The van der Waals surface area contributed by atoms with Gasteiger partial charge in [0.25, 0.3) is 0 Å². The Hall–Kier alpha value is -0.240. The van der Waals surface area contributed by atoms with E-state index in [4.69, 9.17) is 14.7 Å². The monoisotopic (exact) mass is 199 g/mol. The van der Waals surface area contributed by atoms with Crippen LogP contribution in [0.2, 0.25) is 0 Å². The zero-order valence-corrected chi connectivity index (χ0v) is 8.26. The number of nitrogens with zero attached hydrogens (tertiary/aromatic N) is 1. The molecule has 3 nitrogen and oxygen atoms in total. The molecule has 72 valence electrons. The number of hydrogen-bond donors (Lipinski definition) is 0. The molecule has 2 heterocycles. The quantitative estimate of drug-likeness (QED) is 0.674. The van der Waals surface area contributed by atoms with Gasteiger partial charge in [-0.2, -0.15) is 17.0 Å². The molecule has 0 saturated carbocycles. The number of ether oxygens (including phenoxy) is 2. The third kappa shape index (κ3) is 2.16. The highest BCUT2D eigenvalue weighted by Crippen LogP contribution is 2.31. The molecule has 2 aliphatic rings. The van der Waals surface area contributed by atoms with Crippen LogP contribution in [0.4, 0.5) is 0 Å².